The summed E-state index contributed by atoms with van der Waals surface area (Å²) >= 11 is 0. The molecule has 2 unspecified atom stereocenters. The zero-order valence-corrected chi connectivity index (χ0v) is 11.8. The maximum absolute atomic E-state index is 9.76. The van der Waals surface area contributed by atoms with E-state index in [1.165, 1.54) is 19.3 Å². The molecule has 0 amide bonds. The fourth-order valence-corrected chi connectivity index (χ4v) is 2.12. The van der Waals surface area contributed by atoms with E-state index in [0.717, 1.165) is 51.4 Å². The van der Waals surface area contributed by atoms with Crippen molar-refractivity contribution >= 4 is 0 Å². The van der Waals surface area contributed by atoms with Crippen LogP contribution in [0.4, 0.5) is 0 Å². The topological polar surface area (TPSA) is 40.5 Å². The quantitative estimate of drug-likeness (QED) is 0.509. The van der Waals surface area contributed by atoms with Crippen LogP contribution in [0.5, 0.6) is 0 Å². The van der Waals surface area contributed by atoms with E-state index in [4.69, 9.17) is 0 Å². The largest absolute Gasteiger partial charge is 0.393 e. The monoisotopic (exact) mass is 244 g/mol. The average molecular weight is 244 g/mol. The first-order valence-electron chi connectivity index (χ1n) is 7.56. The maximum Gasteiger partial charge on any atom is 0.0540 e. The van der Waals surface area contributed by atoms with Gasteiger partial charge in [0.15, 0.2) is 0 Å². The third-order valence-corrected chi connectivity index (χ3v) is 3.36. The number of aliphatic hydroxyl groups is 2. The summed E-state index contributed by atoms with van der Waals surface area (Å²) in [5, 5.41) is 19.4. The van der Waals surface area contributed by atoms with Gasteiger partial charge in [0, 0.05) is 0 Å². The van der Waals surface area contributed by atoms with Gasteiger partial charge in [0.2, 0.25) is 0 Å². The Morgan fingerprint density at radius 1 is 0.588 bits per heavy atom. The van der Waals surface area contributed by atoms with Gasteiger partial charge in [-0.2, -0.15) is 0 Å². The van der Waals surface area contributed by atoms with Crippen molar-refractivity contribution in [2.45, 2.75) is 96.7 Å². The molecule has 0 saturated carbocycles. The predicted molar refractivity (Wildman–Crippen MR) is 74.1 cm³/mol. The van der Waals surface area contributed by atoms with E-state index in [0.29, 0.717) is 0 Å². The molecule has 0 rings (SSSR count). The molecule has 0 spiro atoms. The Morgan fingerprint density at radius 2 is 1.06 bits per heavy atom. The number of hydrogen-bond acceptors (Lipinski definition) is 2. The van der Waals surface area contributed by atoms with Crippen LogP contribution in [0, 0.1) is 0 Å². The Kier molecular flexibility index (Phi) is 12.3. The fraction of sp³-hybridized carbons (Fsp3) is 1.00. The summed E-state index contributed by atoms with van der Waals surface area (Å²) in [5.41, 5.74) is 0. The second-order valence-corrected chi connectivity index (χ2v) is 5.23. The molecule has 104 valence electrons. The molecule has 0 radical (unpaired) electrons. The van der Waals surface area contributed by atoms with Crippen molar-refractivity contribution in [2.24, 2.45) is 0 Å². The summed E-state index contributed by atoms with van der Waals surface area (Å²) in [5.74, 6) is 0. The van der Waals surface area contributed by atoms with Crippen LogP contribution < -0.4 is 0 Å². The molecular formula is C15H32O2. The SMILES string of the molecule is CCCCCCC(O)CCCC(O)CCCC. The van der Waals surface area contributed by atoms with Gasteiger partial charge in [0.1, 0.15) is 0 Å². The molecule has 0 aromatic rings. The van der Waals surface area contributed by atoms with Crippen LogP contribution in [0.25, 0.3) is 0 Å². The second-order valence-electron chi connectivity index (χ2n) is 5.23. The van der Waals surface area contributed by atoms with Crippen molar-refractivity contribution in [1.82, 2.24) is 0 Å². The average Bonchev–Trinajstić information content (AvgIpc) is 2.32. The smallest absolute Gasteiger partial charge is 0.0540 e. The molecule has 0 aliphatic carbocycles. The lowest BCUT2D eigenvalue weighted by atomic mass is 10.0. The van der Waals surface area contributed by atoms with Gasteiger partial charge in [-0.15, -0.1) is 0 Å². The highest BCUT2D eigenvalue weighted by molar-refractivity contribution is 4.60. The molecule has 0 fully saturated rings. The van der Waals surface area contributed by atoms with Crippen molar-refractivity contribution in [3.63, 3.8) is 0 Å². The minimum Gasteiger partial charge on any atom is -0.393 e. The van der Waals surface area contributed by atoms with E-state index in [-0.39, 0.29) is 12.2 Å². The van der Waals surface area contributed by atoms with Crippen molar-refractivity contribution in [2.75, 3.05) is 0 Å². The number of aliphatic hydroxyl groups excluding tert-OH is 2. The number of unbranched alkanes of at least 4 members (excludes halogenated alkanes) is 4. The molecule has 0 aromatic heterocycles. The lowest BCUT2D eigenvalue weighted by Crippen LogP contribution is -2.10. The highest BCUT2D eigenvalue weighted by Crippen LogP contribution is 2.13. The third-order valence-electron chi connectivity index (χ3n) is 3.36. The minimum atomic E-state index is -0.151. The summed E-state index contributed by atoms with van der Waals surface area (Å²) in [4.78, 5) is 0. The lowest BCUT2D eigenvalue weighted by Gasteiger charge is -2.13. The molecule has 17 heavy (non-hydrogen) atoms. The second kappa shape index (κ2) is 12.4. The van der Waals surface area contributed by atoms with Crippen molar-refractivity contribution in [3.05, 3.63) is 0 Å². The zero-order chi connectivity index (χ0) is 12.9. The van der Waals surface area contributed by atoms with Crippen molar-refractivity contribution < 1.29 is 10.2 Å². The molecule has 2 atom stereocenters. The van der Waals surface area contributed by atoms with Crippen LogP contribution in [0.3, 0.4) is 0 Å². The predicted octanol–water partition coefficient (Wildman–Crippen LogP) is 4.04. The molecule has 2 nitrogen and oxygen atoms in total. The number of hydrogen-bond donors (Lipinski definition) is 2. The first-order chi connectivity index (χ1) is 8.20. The van der Waals surface area contributed by atoms with Gasteiger partial charge >= 0.3 is 0 Å². The van der Waals surface area contributed by atoms with Crippen LogP contribution >= 0.6 is 0 Å². The summed E-state index contributed by atoms with van der Waals surface area (Å²) < 4.78 is 0. The van der Waals surface area contributed by atoms with E-state index < -0.39 is 0 Å². The normalized spacial score (nSPS) is 14.8. The fourth-order valence-electron chi connectivity index (χ4n) is 2.12. The van der Waals surface area contributed by atoms with Crippen molar-refractivity contribution in [1.29, 1.82) is 0 Å². The summed E-state index contributed by atoms with van der Waals surface area (Å²) in [6, 6.07) is 0. The van der Waals surface area contributed by atoms with Gasteiger partial charge in [0.25, 0.3) is 0 Å². The molecule has 0 saturated heterocycles. The Balaban J connectivity index is 3.28. The first kappa shape index (κ1) is 16.9. The number of rotatable bonds is 12. The van der Waals surface area contributed by atoms with E-state index >= 15 is 0 Å². The van der Waals surface area contributed by atoms with Gasteiger partial charge in [-0.25, -0.2) is 0 Å². The standard InChI is InChI=1S/C15H32O2/c1-3-5-7-8-11-15(17)13-9-12-14(16)10-6-4-2/h14-17H,3-13H2,1-2H3. The van der Waals surface area contributed by atoms with Gasteiger partial charge in [-0.3, -0.25) is 0 Å². The van der Waals surface area contributed by atoms with Crippen LogP contribution in [0.2, 0.25) is 0 Å². The molecule has 0 aliphatic rings. The molecule has 2 heteroatoms. The third kappa shape index (κ3) is 12.2. The summed E-state index contributed by atoms with van der Waals surface area (Å²) in [7, 11) is 0. The minimum absolute atomic E-state index is 0.148. The van der Waals surface area contributed by atoms with E-state index in [1.807, 2.05) is 0 Å². The van der Waals surface area contributed by atoms with E-state index in [2.05, 4.69) is 13.8 Å². The van der Waals surface area contributed by atoms with Crippen molar-refractivity contribution in [3.8, 4) is 0 Å². The Bertz CT molecular complexity index is 148. The summed E-state index contributed by atoms with van der Waals surface area (Å²) in [6.07, 6.45) is 11.4. The van der Waals surface area contributed by atoms with Gasteiger partial charge in [0.05, 0.1) is 12.2 Å². The Labute approximate surface area is 107 Å². The van der Waals surface area contributed by atoms with E-state index in [9.17, 15) is 10.2 Å². The lowest BCUT2D eigenvalue weighted by molar-refractivity contribution is 0.121. The highest BCUT2D eigenvalue weighted by Gasteiger charge is 2.07. The molecule has 0 aliphatic heterocycles. The zero-order valence-electron chi connectivity index (χ0n) is 11.8. The van der Waals surface area contributed by atoms with Gasteiger partial charge in [-0.1, -0.05) is 52.4 Å². The van der Waals surface area contributed by atoms with Crippen LogP contribution in [0.15, 0.2) is 0 Å². The Hall–Kier alpha value is -0.0800. The molecular weight excluding hydrogens is 212 g/mol. The molecule has 0 bridgehead atoms. The molecule has 0 heterocycles. The molecule has 0 aromatic carbocycles. The van der Waals surface area contributed by atoms with Gasteiger partial charge < -0.3 is 10.2 Å². The van der Waals surface area contributed by atoms with E-state index in [1.54, 1.807) is 0 Å². The van der Waals surface area contributed by atoms with Gasteiger partial charge in [-0.05, 0) is 32.1 Å². The van der Waals surface area contributed by atoms with Crippen LogP contribution in [-0.4, -0.2) is 22.4 Å². The summed E-state index contributed by atoms with van der Waals surface area (Å²) in [6.45, 7) is 4.35. The van der Waals surface area contributed by atoms with Crippen LogP contribution in [-0.2, 0) is 0 Å². The highest BCUT2D eigenvalue weighted by atomic mass is 16.3. The van der Waals surface area contributed by atoms with Crippen LogP contribution in [0.1, 0.15) is 84.5 Å². The Morgan fingerprint density at radius 3 is 1.59 bits per heavy atom. The maximum atomic E-state index is 9.76. The molecule has 2 N–H and O–H groups in total. The first-order valence-corrected chi connectivity index (χ1v) is 7.56.